The maximum Gasteiger partial charge on any atom is 0.335 e. The topological polar surface area (TPSA) is 101 Å². The minimum Gasteiger partial charge on any atom is -0.478 e. The number of nitrogens with one attached hydrogen (secondary N) is 1. The molecule has 2 atom stereocenters. The Labute approximate surface area is 120 Å². The number of carboxylic acid groups (broad SMARTS) is 1. The maximum atomic E-state index is 12.2. The minimum absolute atomic E-state index is 0.0299. The van der Waals surface area contributed by atoms with Crippen molar-refractivity contribution < 1.29 is 22.5 Å². The Bertz CT molecular complexity index is 639. The lowest BCUT2D eigenvalue weighted by molar-refractivity contribution is 0.0696. The Morgan fingerprint density at radius 1 is 1.45 bits per heavy atom. The Morgan fingerprint density at radius 2 is 2.05 bits per heavy atom. The molecule has 112 valence electrons. The molecule has 0 amide bonds. The molecular weight excluding hydrogens is 302 g/mol. The van der Waals surface area contributed by atoms with Crippen LogP contribution in [0.2, 0.25) is 0 Å². The van der Waals surface area contributed by atoms with Crippen LogP contribution in [0.3, 0.4) is 0 Å². The first kappa shape index (κ1) is 16.8. The molecule has 0 saturated carbocycles. The van der Waals surface area contributed by atoms with E-state index in [1.807, 2.05) is 0 Å². The molecule has 1 aromatic rings. The summed E-state index contributed by atoms with van der Waals surface area (Å²) in [5.41, 5.74) is 0.123. The maximum absolute atomic E-state index is 12.2. The van der Waals surface area contributed by atoms with Crippen molar-refractivity contribution >= 4 is 26.8 Å². The smallest absolute Gasteiger partial charge is 0.335 e. The molecule has 0 aliphatic carbocycles. The monoisotopic (exact) mass is 319 g/mol. The van der Waals surface area contributed by atoms with E-state index >= 15 is 0 Å². The minimum atomic E-state index is -3.82. The van der Waals surface area contributed by atoms with Gasteiger partial charge in [-0.15, -0.1) is 0 Å². The number of benzene rings is 1. The van der Waals surface area contributed by atoms with Crippen LogP contribution in [-0.4, -0.2) is 41.8 Å². The zero-order valence-corrected chi connectivity index (χ0v) is 13.0. The summed E-state index contributed by atoms with van der Waals surface area (Å²) in [4.78, 5) is 10.9. The number of sulfonamides is 1. The molecule has 6 nitrogen and oxygen atoms in total. The van der Waals surface area contributed by atoms with Crippen molar-refractivity contribution in [2.45, 2.75) is 24.0 Å². The quantitative estimate of drug-likeness (QED) is 0.805. The van der Waals surface area contributed by atoms with E-state index in [-0.39, 0.29) is 27.8 Å². The fraction of sp³-hybridized carbons (Fsp3) is 0.417. The first-order valence-corrected chi connectivity index (χ1v) is 8.92. The first-order chi connectivity index (χ1) is 9.16. The molecule has 0 aliphatic rings. The van der Waals surface area contributed by atoms with Crippen LogP contribution < -0.4 is 4.72 Å². The fourth-order valence-corrected chi connectivity index (χ4v) is 3.38. The van der Waals surface area contributed by atoms with E-state index in [9.17, 15) is 17.4 Å². The van der Waals surface area contributed by atoms with E-state index in [1.165, 1.54) is 31.4 Å². The van der Waals surface area contributed by atoms with Gasteiger partial charge in [-0.05, 0) is 31.5 Å². The van der Waals surface area contributed by atoms with Crippen molar-refractivity contribution in [1.29, 1.82) is 0 Å². The van der Waals surface area contributed by atoms with Gasteiger partial charge in [-0.25, -0.2) is 17.9 Å². The molecular formula is C12H17NO5S2. The highest BCUT2D eigenvalue weighted by Gasteiger charge is 2.21. The summed E-state index contributed by atoms with van der Waals surface area (Å²) < 4.78 is 37.9. The molecule has 0 fully saturated rings. The van der Waals surface area contributed by atoms with Gasteiger partial charge in [0.1, 0.15) is 0 Å². The third-order valence-corrected chi connectivity index (χ3v) is 5.80. The predicted molar refractivity (Wildman–Crippen MR) is 76.9 cm³/mol. The number of hydrogen-bond donors (Lipinski definition) is 2. The highest BCUT2D eigenvalue weighted by Crippen LogP contribution is 2.18. The van der Waals surface area contributed by atoms with Crippen LogP contribution in [0.5, 0.6) is 0 Å². The molecule has 0 heterocycles. The molecule has 2 N–H and O–H groups in total. The Morgan fingerprint density at radius 3 is 2.55 bits per heavy atom. The molecule has 0 radical (unpaired) electrons. The van der Waals surface area contributed by atoms with Gasteiger partial charge in [0.15, 0.2) is 0 Å². The Balaban J connectivity index is 3.08. The van der Waals surface area contributed by atoms with E-state index in [0.29, 0.717) is 0 Å². The molecule has 8 heteroatoms. The lowest BCUT2D eigenvalue weighted by Crippen LogP contribution is -2.33. The van der Waals surface area contributed by atoms with Gasteiger partial charge in [0.25, 0.3) is 0 Å². The highest BCUT2D eigenvalue weighted by atomic mass is 32.2. The van der Waals surface area contributed by atoms with E-state index in [4.69, 9.17) is 5.11 Å². The summed E-state index contributed by atoms with van der Waals surface area (Å²) in [5, 5.41) is 8.67. The number of hydrogen-bond acceptors (Lipinski definition) is 4. The van der Waals surface area contributed by atoms with Crippen LogP contribution in [0.25, 0.3) is 0 Å². The van der Waals surface area contributed by atoms with Crippen LogP contribution in [0, 0.1) is 6.92 Å². The van der Waals surface area contributed by atoms with Crippen molar-refractivity contribution in [2.75, 3.05) is 12.8 Å². The first-order valence-electron chi connectivity index (χ1n) is 5.81. The number of aromatic carboxylic acids is 1. The van der Waals surface area contributed by atoms with Crippen molar-refractivity contribution in [2.24, 2.45) is 0 Å². The average molecular weight is 319 g/mol. The molecule has 0 aromatic heterocycles. The molecule has 0 spiro atoms. The molecule has 20 heavy (non-hydrogen) atoms. The van der Waals surface area contributed by atoms with Crippen LogP contribution in [0.4, 0.5) is 0 Å². The fourth-order valence-electron chi connectivity index (χ4n) is 1.56. The van der Waals surface area contributed by atoms with Gasteiger partial charge in [-0.1, -0.05) is 6.07 Å². The van der Waals surface area contributed by atoms with Crippen molar-refractivity contribution in [3.8, 4) is 0 Å². The summed E-state index contributed by atoms with van der Waals surface area (Å²) >= 11 is 0. The normalized spacial score (nSPS) is 14.8. The highest BCUT2D eigenvalue weighted by molar-refractivity contribution is 7.89. The van der Waals surface area contributed by atoms with E-state index in [0.717, 1.165) is 0 Å². The number of carbonyl (C=O) groups is 1. The standard InChI is InChI=1S/C12H17NO5S2/c1-8(19(3)16)7-13-20(17,18)11-6-4-5-10(9(11)2)12(14)15/h4-6,8,13H,7H2,1-3H3,(H,14,15). The lowest BCUT2D eigenvalue weighted by atomic mass is 10.1. The van der Waals surface area contributed by atoms with Gasteiger partial charge < -0.3 is 5.11 Å². The largest absolute Gasteiger partial charge is 0.478 e. The second-order valence-corrected chi connectivity index (χ2v) is 7.93. The molecule has 0 saturated heterocycles. The van der Waals surface area contributed by atoms with E-state index in [1.54, 1.807) is 6.92 Å². The van der Waals surface area contributed by atoms with Crippen LogP contribution in [-0.2, 0) is 20.8 Å². The van der Waals surface area contributed by atoms with Gasteiger partial charge in [0.05, 0.1) is 10.5 Å². The van der Waals surface area contributed by atoms with Gasteiger partial charge in [0, 0.05) is 28.9 Å². The second kappa shape index (κ2) is 6.47. The van der Waals surface area contributed by atoms with Crippen LogP contribution in [0.1, 0.15) is 22.8 Å². The lowest BCUT2D eigenvalue weighted by Gasteiger charge is -2.13. The summed E-state index contributed by atoms with van der Waals surface area (Å²) in [6.07, 6.45) is 1.50. The van der Waals surface area contributed by atoms with Crippen molar-refractivity contribution in [1.82, 2.24) is 4.72 Å². The van der Waals surface area contributed by atoms with Gasteiger partial charge >= 0.3 is 5.97 Å². The second-order valence-electron chi connectivity index (χ2n) is 4.39. The number of carboxylic acids is 1. The third kappa shape index (κ3) is 3.87. The summed E-state index contributed by atoms with van der Waals surface area (Å²) in [5.74, 6) is -1.18. The zero-order valence-electron chi connectivity index (χ0n) is 11.4. The van der Waals surface area contributed by atoms with E-state index < -0.39 is 26.8 Å². The Hall–Kier alpha value is -1.25. The molecule has 0 bridgehead atoms. The van der Waals surface area contributed by atoms with Gasteiger partial charge in [-0.3, -0.25) is 4.21 Å². The molecule has 1 aromatic carbocycles. The number of rotatable bonds is 6. The Kier molecular flexibility index (Phi) is 5.43. The predicted octanol–water partition coefficient (Wildman–Crippen LogP) is 0.739. The van der Waals surface area contributed by atoms with Crippen LogP contribution >= 0.6 is 0 Å². The average Bonchev–Trinajstić information content (AvgIpc) is 2.35. The van der Waals surface area contributed by atoms with E-state index in [2.05, 4.69) is 4.72 Å². The summed E-state index contributed by atoms with van der Waals surface area (Å²) in [6, 6.07) is 4.07. The summed E-state index contributed by atoms with van der Waals surface area (Å²) in [6.45, 7) is 3.14. The zero-order chi connectivity index (χ0) is 15.5. The van der Waals surface area contributed by atoms with Gasteiger partial charge in [0.2, 0.25) is 10.0 Å². The third-order valence-electron chi connectivity index (χ3n) is 2.93. The molecule has 2 unspecified atom stereocenters. The van der Waals surface area contributed by atoms with Crippen molar-refractivity contribution in [3.63, 3.8) is 0 Å². The van der Waals surface area contributed by atoms with Crippen LogP contribution in [0.15, 0.2) is 23.1 Å². The molecule has 1 rings (SSSR count). The molecule has 0 aliphatic heterocycles. The van der Waals surface area contributed by atoms with Crippen molar-refractivity contribution in [3.05, 3.63) is 29.3 Å². The summed E-state index contributed by atoms with van der Waals surface area (Å²) in [7, 11) is -4.96. The van der Waals surface area contributed by atoms with Gasteiger partial charge in [-0.2, -0.15) is 0 Å². The SMILES string of the molecule is Cc1c(C(=O)O)cccc1S(=O)(=O)NCC(C)S(C)=O.